The minimum absolute atomic E-state index is 0.440. The van der Waals surface area contributed by atoms with Gasteiger partial charge in [0.2, 0.25) is 0 Å². The van der Waals surface area contributed by atoms with Gasteiger partial charge in [0, 0.05) is 30.3 Å². The van der Waals surface area contributed by atoms with Gasteiger partial charge in [-0.05, 0) is 38.8 Å². The summed E-state index contributed by atoms with van der Waals surface area (Å²) in [6.45, 7) is 12.4. The topological polar surface area (TPSA) is 53.7 Å². The summed E-state index contributed by atoms with van der Waals surface area (Å²) in [5.74, 6) is 0. The van der Waals surface area contributed by atoms with Gasteiger partial charge in [-0.1, -0.05) is 56.4 Å². The summed E-state index contributed by atoms with van der Waals surface area (Å²) in [6.07, 6.45) is 18.9. The van der Waals surface area contributed by atoms with Gasteiger partial charge in [-0.3, -0.25) is 5.41 Å². The van der Waals surface area contributed by atoms with Crippen molar-refractivity contribution in [2.24, 2.45) is 0 Å². The second-order valence-electron chi connectivity index (χ2n) is 6.95. The second kappa shape index (κ2) is 10.6. The number of aromatic nitrogens is 2. The number of rotatable bonds is 10. The quantitative estimate of drug-likeness (QED) is 0.454. The lowest BCUT2D eigenvalue weighted by atomic mass is 10.1. The lowest BCUT2D eigenvalue weighted by molar-refractivity contribution is 0.525. The first-order valence-electron chi connectivity index (χ1n) is 9.74. The fraction of sp³-hybridized carbons (Fsp3) is 0.391. The van der Waals surface area contributed by atoms with E-state index in [-0.39, 0.29) is 0 Å². The number of nitrogens with zero attached hydrogens (tertiary/aromatic N) is 2. The fourth-order valence-corrected chi connectivity index (χ4v) is 3.46. The van der Waals surface area contributed by atoms with Crippen LogP contribution in [0.4, 0.5) is 0 Å². The summed E-state index contributed by atoms with van der Waals surface area (Å²) in [5.41, 5.74) is 4.37. The zero-order valence-corrected chi connectivity index (χ0v) is 16.7. The third-order valence-electron chi connectivity index (χ3n) is 4.94. The summed E-state index contributed by atoms with van der Waals surface area (Å²) in [5, 5.41) is 17.0. The molecule has 1 aromatic heterocycles. The molecule has 0 bridgehead atoms. The van der Waals surface area contributed by atoms with Crippen LogP contribution in [0.15, 0.2) is 55.7 Å². The highest BCUT2D eigenvalue weighted by atomic mass is 15.3. The van der Waals surface area contributed by atoms with Gasteiger partial charge in [-0.25, -0.2) is 4.68 Å². The molecular weight excluding hydrogens is 332 g/mol. The molecule has 27 heavy (non-hydrogen) atoms. The zero-order chi connectivity index (χ0) is 19.6. The van der Waals surface area contributed by atoms with Crippen LogP contribution in [0, 0.1) is 12.3 Å². The van der Waals surface area contributed by atoms with Crippen molar-refractivity contribution in [1.29, 1.82) is 5.41 Å². The van der Waals surface area contributed by atoms with E-state index in [4.69, 9.17) is 10.5 Å². The van der Waals surface area contributed by atoms with Crippen molar-refractivity contribution < 1.29 is 0 Å². The Bertz CT molecular complexity index is 756. The van der Waals surface area contributed by atoms with E-state index in [0.29, 0.717) is 11.8 Å². The maximum atomic E-state index is 8.48. The van der Waals surface area contributed by atoms with Crippen LogP contribution in [0.5, 0.6) is 0 Å². The van der Waals surface area contributed by atoms with Gasteiger partial charge in [-0.15, -0.1) is 0 Å². The zero-order valence-electron chi connectivity index (χ0n) is 16.7. The SMILES string of the molecule is C=C/C=C\C=C(/C)n1nc(CCNC2CCCC2)c(C)c1C(=N)/C=C\C=C. The minimum atomic E-state index is 0.440. The fourth-order valence-electron chi connectivity index (χ4n) is 3.46. The Morgan fingerprint density at radius 3 is 2.59 bits per heavy atom. The van der Waals surface area contributed by atoms with Crippen molar-refractivity contribution in [2.45, 2.75) is 52.0 Å². The van der Waals surface area contributed by atoms with E-state index in [1.54, 1.807) is 24.3 Å². The highest BCUT2D eigenvalue weighted by Crippen LogP contribution is 2.20. The molecule has 1 aliphatic carbocycles. The summed E-state index contributed by atoms with van der Waals surface area (Å²) in [6, 6.07) is 0.659. The molecule has 0 radical (unpaired) electrons. The minimum Gasteiger partial charge on any atom is -0.314 e. The average molecular weight is 365 g/mol. The number of hydrogen-bond donors (Lipinski definition) is 2. The summed E-state index contributed by atoms with van der Waals surface area (Å²) in [7, 11) is 0. The van der Waals surface area contributed by atoms with Gasteiger partial charge in [-0.2, -0.15) is 5.10 Å². The van der Waals surface area contributed by atoms with Crippen LogP contribution in [0.25, 0.3) is 5.70 Å². The summed E-state index contributed by atoms with van der Waals surface area (Å²) in [4.78, 5) is 0. The summed E-state index contributed by atoms with van der Waals surface area (Å²) < 4.78 is 1.88. The second-order valence-corrected chi connectivity index (χ2v) is 6.95. The number of hydrogen-bond acceptors (Lipinski definition) is 3. The third kappa shape index (κ3) is 5.76. The predicted molar refractivity (Wildman–Crippen MR) is 116 cm³/mol. The smallest absolute Gasteiger partial charge is 0.0945 e. The molecule has 0 saturated heterocycles. The van der Waals surface area contributed by atoms with Crippen molar-refractivity contribution in [3.8, 4) is 0 Å². The first-order valence-corrected chi connectivity index (χ1v) is 9.74. The van der Waals surface area contributed by atoms with E-state index in [1.165, 1.54) is 25.7 Å². The molecule has 0 amide bonds. The molecule has 2 rings (SSSR count). The van der Waals surface area contributed by atoms with Crippen LogP contribution < -0.4 is 5.32 Å². The van der Waals surface area contributed by atoms with Gasteiger partial charge >= 0.3 is 0 Å². The molecule has 0 aromatic carbocycles. The Morgan fingerprint density at radius 1 is 1.22 bits per heavy atom. The maximum absolute atomic E-state index is 8.48. The maximum Gasteiger partial charge on any atom is 0.0945 e. The van der Waals surface area contributed by atoms with Crippen molar-refractivity contribution in [3.05, 3.63) is 72.6 Å². The highest BCUT2D eigenvalue weighted by molar-refractivity contribution is 6.07. The third-order valence-corrected chi connectivity index (χ3v) is 4.94. The van der Waals surface area contributed by atoms with Crippen molar-refractivity contribution in [3.63, 3.8) is 0 Å². The highest BCUT2D eigenvalue weighted by Gasteiger charge is 2.19. The van der Waals surface area contributed by atoms with Crippen LogP contribution in [0.3, 0.4) is 0 Å². The molecule has 0 unspecified atom stereocenters. The molecule has 0 atom stereocenters. The van der Waals surface area contributed by atoms with E-state index < -0.39 is 0 Å². The number of allylic oxidation sites excluding steroid dienone is 8. The van der Waals surface area contributed by atoms with E-state index in [1.807, 2.05) is 29.8 Å². The van der Waals surface area contributed by atoms with Gasteiger partial charge in [0.05, 0.1) is 17.1 Å². The summed E-state index contributed by atoms with van der Waals surface area (Å²) >= 11 is 0. The van der Waals surface area contributed by atoms with Gasteiger partial charge < -0.3 is 5.32 Å². The lowest BCUT2D eigenvalue weighted by Crippen LogP contribution is -2.28. The van der Waals surface area contributed by atoms with Crippen molar-refractivity contribution >= 4 is 11.4 Å². The Balaban J connectivity index is 2.25. The van der Waals surface area contributed by atoms with Gasteiger partial charge in [0.15, 0.2) is 0 Å². The molecule has 0 aliphatic heterocycles. The molecule has 1 heterocycles. The van der Waals surface area contributed by atoms with Crippen molar-refractivity contribution in [1.82, 2.24) is 15.1 Å². The van der Waals surface area contributed by atoms with E-state index >= 15 is 0 Å². The average Bonchev–Trinajstić information content (AvgIpc) is 3.28. The Hall–Kier alpha value is -2.46. The Kier molecular flexibility index (Phi) is 8.21. The molecule has 144 valence electrons. The van der Waals surface area contributed by atoms with Gasteiger partial charge in [0.1, 0.15) is 0 Å². The van der Waals surface area contributed by atoms with Crippen LogP contribution in [-0.4, -0.2) is 28.1 Å². The van der Waals surface area contributed by atoms with E-state index in [0.717, 1.165) is 35.6 Å². The predicted octanol–water partition coefficient (Wildman–Crippen LogP) is 4.98. The molecule has 4 heteroatoms. The molecule has 1 saturated carbocycles. The largest absolute Gasteiger partial charge is 0.314 e. The lowest BCUT2D eigenvalue weighted by Gasteiger charge is -2.10. The van der Waals surface area contributed by atoms with Crippen LogP contribution in [0.1, 0.15) is 49.6 Å². The van der Waals surface area contributed by atoms with Gasteiger partial charge in [0.25, 0.3) is 0 Å². The normalized spacial score (nSPS) is 15.9. The molecular formula is C23H32N4. The van der Waals surface area contributed by atoms with E-state index in [9.17, 15) is 0 Å². The molecule has 1 fully saturated rings. The Morgan fingerprint density at radius 2 is 1.93 bits per heavy atom. The van der Waals surface area contributed by atoms with Crippen LogP contribution in [-0.2, 0) is 6.42 Å². The number of nitrogens with one attached hydrogen (secondary N) is 2. The molecule has 2 N–H and O–H groups in total. The van der Waals surface area contributed by atoms with Crippen molar-refractivity contribution in [2.75, 3.05) is 6.54 Å². The monoisotopic (exact) mass is 364 g/mol. The standard InChI is InChI=1S/C23H32N4/c1-5-7-9-12-18(3)27-23(21(24)15-8-6-2)19(4)22(26-27)16-17-25-20-13-10-11-14-20/h5-9,12,15,20,24-25H,1-2,10-11,13-14,16-17H2,3-4H3/b9-7-,15-8-,18-12+,24-21?. The Labute approximate surface area is 163 Å². The van der Waals surface area contributed by atoms with Crippen LogP contribution >= 0.6 is 0 Å². The van der Waals surface area contributed by atoms with E-state index in [2.05, 4.69) is 25.4 Å². The van der Waals surface area contributed by atoms with Crippen LogP contribution in [0.2, 0.25) is 0 Å². The molecule has 1 aliphatic rings. The molecule has 1 aromatic rings. The first kappa shape index (κ1) is 20.8. The molecule has 0 spiro atoms. The molecule has 4 nitrogen and oxygen atoms in total. The first-order chi connectivity index (χ1) is 13.1.